The van der Waals surface area contributed by atoms with Crippen molar-refractivity contribution in [1.29, 1.82) is 0 Å². The summed E-state index contributed by atoms with van der Waals surface area (Å²) in [5.74, 6) is 0. The third kappa shape index (κ3) is 9.65. The fraction of sp³-hybridized carbons (Fsp3) is 1.00. The van der Waals surface area contributed by atoms with Crippen LogP contribution in [0.3, 0.4) is 0 Å². The van der Waals surface area contributed by atoms with Crippen LogP contribution in [-0.2, 0) is 14.2 Å². The molecule has 4 fully saturated rings. The normalized spacial score (nSPS) is 28.5. The summed E-state index contributed by atoms with van der Waals surface area (Å²) < 4.78 is 16.2. The lowest BCUT2D eigenvalue weighted by Gasteiger charge is -2.34. The number of methoxy groups -OCH3 is 1. The highest BCUT2D eigenvalue weighted by atomic mass is 16.5. The second kappa shape index (κ2) is 14.1. The maximum atomic E-state index is 5.74. The van der Waals surface area contributed by atoms with Crippen molar-refractivity contribution in [2.45, 2.75) is 104 Å². The van der Waals surface area contributed by atoms with E-state index in [1.807, 2.05) is 7.11 Å². The third-order valence-corrected chi connectivity index (χ3v) is 7.12. The summed E-state index contributed by atoms with van der Waals surface area (Å²) in [4.78, 5) is 7.48. The molecule has 2 bridgehead atoms. The lowest BCUT2D eigenvalue weighted by Crippen LogP contribution is -2.45. The van der Waals surface area contributed by atoms with Crippen LogP contribution in [0, 0.1) is 0 Å². The Morgan fingerprint density at radius 1 is 0.645 bits per heavy atom. The van der Waals surface area contributed by atoms with Gasteiger partial charge < -0.3 is 19.1 Å². The van der Waals surface area contributed by atoms with Crippen molar-refractivity contribution < 1.29 is 14.2 Å². The molecule has 6 heteroatoms. The molecule has 0 aliphatic carbocycles. The first kappa shape index (κ1) is 27.0. The average molecular weight is 442 g/mol. The lowest BCUT2D eigenvalue weighted by molar-refractivity contribution is -0.0480. The van der Waals surface area contributed by atoms with Gasteiger partial charge in [0.05, 0.1) is 31.5 Å². The smallest absolute Gasteiger partial charge is 0.0707 e. The number of hydrogen-bond acceptors (Lipinski definition) is 6. The van der Waals surface area contributed by atoms with Crippen molar-refractivity contribution in [1.82, 2.24) is 14.7 Å². The first-order valence-corrected chi connectivity index (χ1v) is 12.8. The van der Waals surface area contributed by atoms with Gasteiger partial charge in [0.1, 0.15) is 0 Å². The molecule has 4 rings (SSSR count). The number of rotatable bonds is 4. The molecule has 4 aliphatic rings. The molecule has 0 radical (unpaired) electrons. The minimum absolute atomic E-state index is 0.519. The molecular weight excluding hydrogens is 390 g/mol. The number of likely N-dealkylation sites (tertiary alicyclic amines) is 2. The molecule has 6 nitrogen and oxygen atoms in total. The summed E-state index contributed by atoms with van der Waals surface area (Å²) in [5, 5.41) is 0. The lowest BCUT2D eigenvalue weighted by atomic mass is 10.1. The van der Waals surface area contributed by atoms with E-state index in [1.165, 1.54) is 38.8 Å². The summed E-state index contributed by atoms with van der Waals surface area (Å²) in [5.41, 5.74) is 0. The zero-order valence-corrected chi connectivity index (χ0v) is 21.5. The highest BCUT2D eigenvalue weighted by molar-refractivity contribution is 4.85. The number of piperidine rings is 1. The van der Waals surface area contributed by atoms with E-state index in [-0.39, 0.29) is 0 Å². The van der Waals surface area contributed by atoms with E-state index >= 15 is 0 Å². The number of morpholine rings is 2. The van der Waals surface area contributed by atoms with Crippen molar-refractivity contribution in [3.05, 3.63) is 0 Å². The van der Waals surface area contributed by atoms with Crippen molar-refractivity contribution in [2.75, 3.05) is 59.6 Å². The summed E-state index contributed by atoms with van der Waals surface area (Å²) in [6, 6.07) is 2.09. The zero-order valence-electron chi connectivity index (χ0n) is 21.5. The predicted molar refractivity (Wildman–Crippen MR) is 129 cm³/mol. The van der Waals surface area contributed by atoms with Gasteiger partial charge in [-0.05, 0) is 67.2 Å². The Bertz CT molecular complexity index is 449. The fourth-order valence-electron chi connectivity index (χ4n) is 4.79. The zero-order chi connectivity index (χ0) is 22.8. The fourth-order valence-corrected chi connectivity index (χ4v) is 4.79. The molecule has 31 heavy (non-hydrogen) atoms. The molecule has 0 saturated carbocycles. The molecule has 0 N–H and O–H groups in total. The van der Waals surface area contributed by atoms with Crippen molar-refractivity contribution in [3.8, 4) is 0 Å². The van der Waals surface area contributed by atoms with Gasteiger partial charge in [0.2, 0.25) is 0 Å². The SMILES string of the molecule is CC(C)N1CC2CCC(C1)O2.CC(C)N1CCOCC1.COC1CCN(C(C)C)CC1. The molecule has 0 aromatic carbocycles. The molecule has 0 amide bonds. The van der Waals surface area contributed by atoms with E-state index in [9.17, 15) is 0 Å². The molecule has 0 aromatic heterocycles. The summed E-state index contributed by atoms with van der Waals surface area (Å²) in [6.07, 6.45) is 6.60. The van der Waals surface area contributed by atoms with Crippen LogP contribution >= 0.6 is 0 Å². The van der Waals surface area contributed by atoms with Crippen LogP contribution in [0.4, 0.5) is 0 Å². The van der Waals surface area contributed by atoms with Crippen LogP contribution in [0.5, 0.6) is 0 Å². The third-order valence-electron chi connectivity index (χ3n) is 7.12. The molecule has 4 saturated heterocycles. The average Bonchev–Trinajstić information content (AvgIpc) is 3.12. The molecule has 0 spiro atoms. The van der Waals surface area contributed by atoms with Gasteiger partial charge in [0.25, 0.3) is 0 Å². The Morgan fingerprint density at radius 2 is 1.10 bits per heavy atom. The van der Waals surface area contributed by atoms with Crippen LogP contribution in [-0.4, -0.2) is 111 Å². The minimum Gasteiger partial charge on any atom is -0.381 e. The van der Waals surface area contributed by atoms with Gasteiger partial charge in [-0.25, -0.2) is 0 Å². The van der Waals surface area contributed by atoms with Crippen LogP contribution in [0.2, 0.25) is 0 Å². The highest BCUT2D eigenvalue weighted by Gasteiger charge is 2.34. The van der Waals surface area contributed by atoms with Crippen LogP contribution < -0.4 is 0 Å². The first-order chi connectivity index (χ1) is 14.8. The minimum atomic E-state index is 0.519. The molecule has 0 aromatic rings. The Labute approximate surface area is 192 Å². The van der Waals surface area contributed by atoms with Gasteiger partial charge in [-0.1, -0.05) is 0 Å². The second-order valence-corrected chi connectivity index (χ2v) is 10.3. The largest absolute Gasteiger partial charge is 0.381 e. The van der Waals surface area contributed by atoms with Crippen LogP contribution in [0.1, 0.15) is 67.2 Å². The summed E-state index contributed by atoms with van der Waals surface area (Å²) >= 11 is 0. The maximum absolute atomic E-state index is 5.74. The van der Waals surface area contributed by atoms with Gasteiger partial charge in [0, 0.05) is 64.5 Å². The topological polar surface area (TPSA) is 37.4 Å². The number of fused-ring (bicyclic) bond motifs is 2. The second-order valence-electron chi connectivity index (χ2n) is 10.3. The van der Waals surface area contributed by atoms with Gasteiger partial charge in [-0.3, -0.25) is 9.80 Å². The Balaban J connectivity index is 0.000000166. The standard InChI is InChI=1S/C9H17NO.C9H19NO.C7H15NO/c1-7(2)10-5-8-3-4-9(6-10)11-8;1-8(2)10-6-4-9(11-3)5-7-10;1-7(2)8-3-5-9-6-4-8/h7-9H,3-6H2,1-2H3;8-9H,4-7H2,1-3H3;7H,3-6H2,1-2H3. The van der Waals surface area contributed by atoms with E-state index in [2.05, 4.69) is 56.2 Å². The summed E-state index contributed by atoms with van der Waals surface area (Å²) in [7, 11) is 1.82. The summed E-state index contributed by atoms with van der Waals surface area (Å²) in [6.45, 7) is 22.3. The Kier molecular flexibility index (Phi) is 12.3. The number of hydrogen-bond donors (Lipinski definition) is 0. The molecular formula is C25H51N3O3. The van der Waals surface area contributed by atoms with E-state index in [4.69, 9.17) is 14.2 Å². The van der Waals surface area contributed by atoms with E-state index in [0.29, 0.717) is 36.4 Å². The molecule has 2 unspecified atom stereocenters. The molecule has 184 valence electrons. The van der Waals surface area contributed by atoms with Crippen molar-refractivity contribution >= 4 is 0 Å². The predicted octanol–water partition coefficient (Wildman–Crippen LogP) is 3.49. The molecule has 2 atom stereocenters. The van der Waals surface area contributed by atoms with E-state index < -0.39 is 0 Å². The highest BCUT2D eigenvalue weighted by Crippen LogP contribution is 2.27. The van der Waals surface area contributed by atoms with Gasteiger partial charge in [-0.2, -0.15) is 0 Å². The quantitative estimate of drug-likeness (QED) is 0.665. The number of ether oxygens (including phenoxy) is 3. The van der Waals surface area contributed by atoms with Crippen molar-refractivity contribution in [2.24, 2.45) is 0 Å². The van der Waals surface area contributed by atoms with Gasteiger partial charge in [0.15, 0.2) is 0 Å². The molecule has 4 aliphatic heterocycles. The van der Waals surface area contributed by atoms with Crippen LogP contribution in [0.15, 0.2) is 0 Å². The van der Waals surface area contributed by atoms with Crippen LogP contribution in [0.25, 0.3) is 0 Å². The number of nitrogens with zero attached hydrogens (tertiary/aromatic N) is 3. The Hall–Kier alpha value is -0.240. The van der Waals surface area contributed by atoms with Gasteiger partial charge in [-0.15, -0.1) is 0 Å². The van der Waals surface area contributed by atoms with Gasteiger partial charge >= 0.3 is 0 Å². The maximum Gasteiger partial charge on any atom is 0.0707 e. The first-order valence-electron chi connectivity index (χ1n) is 12.8. The van der Waals surface area contributed by atoms with E-state index in [0.717, 1.165) is 39.4 Å². The van der Waals surface area contributed by atoms with E-state index in [1.54, 1.807) is 0 Å². The molecule has 4 heterocycles. The monoisotopic (exact) mass is 441 g/mol. The Morgan fingerprint density at radius 3 is 1.48 bits per heavy atom. The van der Waals surface area contributed by atoms with Crippen molar-refractivity contribution in [3.63, 3.8) is 0 Å².